The average molecular weight is 477 g/mol. The van der Waals surface area contributed by atoms with E-state index in [0.717, 1.165) is 11.3 Å². The summed E-state index contributed by atoms with van der Waals surface area (Å²) in [4.78, 5) is 10.3. The second-order valence-electron chi connectivity index (χ2n) is 3.71. The van der Waals surface area contributed by atoms with Crippen molar-refractivity contribution in [3.63, 3.8) is 0 Å². The van der Waals surface area contributed by atoms with Gasteiger partial charge in [0.1, 0.15) is 9.90 Å². The number of nitrogens with zero attached hydrogens (tertiary/aromatic N) is 1. The highest BCUT2D eigenvalue weighted by Crippen LogP contribution is 2.36. The summed E-state index contributed by atoms with van der Waals surface area (Å²) >= 11 is 12.9. The number of anilines is 1. The SMILES string of the molecule is O=[N+]([O-])c1cc(Br)ccc1NS(=O)(=O)c1cc(Cl)c(Br)s1. The van der Waals surface area contributed by atoms with Crippen molar-refractivity contribution in [1.82, 2.24) is 0 Å². The molecule has 0 aliphatic heterocycles. The van der Waals surface area contributed by atoms with Crippen molar-refractivity contribution in [2.45, 2.75) is 4.21 Å². The van der Waals surface area contributed by atoms with Crippen LogP contribution in [0.3, 0.4) is 0 Å². The van der Waals surface area contributed by atoms with E-state index in [4.69, 9.17) is 11.6 Å². The van der Waals surface area contributed by atoms with Crippen LogP contribution in [0.5, 0.6) is 0 Å². The summed E-state index contributed by atoms with van der Waals surface area (Å²) in [5.41, 5.74) is -0.474. The summed E-state index contributed by atoms with van der Waals surface area (Å²) in [7, 11) is -3.95. The monoisotopic (exact) mass is 474 g/mol. The van der Waals surface area contributed by atoms with Crippen LogP contribution in [-0.2, 0) is 10.0 Å². The van der Waals surface area contributed by atoms with Crippen molar-refractivity contribution < 1.29 is 13.3 Å². The van der Waals surface area contributed by atoms with Crippen LogP contribution in [0.15, 0.2) is 36.7 Å². The first kappa shape index (κ1) is 16.7. The Hall–Kier alpha value is -0.680. The third kappa shape index (κ3) is 3.75. The normalized spacial score (nSPS) is 11.4. The van der Waals surface area contributed by atoms with Crippen molar-refractivity contribution in [2.24, 2.45) is 0 Å². The Balaban J connectivity index is 2.44. The molecule has 6 nitrogen and oxygen atoms in total. The van der Waals surface area contributed by atoms with E-state index in [0.29, 0.717) is 8.26 Å². The molecular weight excluding hydrogens is 472 g/mol. The summed E-state index contributed by atoms with van der Waals surface area (Å²) in [6.45, 7) is 0. The van der Waals surface area contributed by atoms with Gasteiger partial charge in [-0.1, -0.05) is 27.5 Å². The van der Waals surface area contributed by atoms with Gasteiger partial charge in [-0.05, 0) is 34.1 Å². The molecule has 1 aromatic carbocycles. The fraction of sp³-hybridized carbons (Fsp3) is 0. The van der Waals surface area contributed by atoms with Gasteiger partial charge in [0, 0.05) is 10.5 Å². The van der Waals surface area contributed by atoms with Crippen LogP contribution < -0.4 is 4.72 Å². The number of nitro groups is 1. The van der Waals surface area contributed by atoms with Gasteiger partial charge in [0.05, 0.1) is 13.7 Å². The Bertz CT molecular complexity index is 803. The van der Waals surface area contributed by atoms with Crippen molar-refractivity contribution >= 4 is 76.2 Å². The third-order valence-corrected chi connectivity index (χ3v) is 7.10. The van der Waals surface area contributed by atoms with E-state index in [-0.39, 0.29) is 20.6 Å². The molecule has 1 aromatic heterocycles. The first-order valence-corrected chi connectivity index (χ1v) is 9.38. The zero-order valence-corrected chi connectivity index (χ0v) is 15.4. The van der Waals surface area contributed by atoms with Crippen LogP contribution in [-0.4, -0.2) is 13.3 Å². The molecule has 0 amide bonds. The number of hydrogen-bond donors (Lipinski definition) is 1. The van der Waals surface area contributed by atoms with Crippen molar-refractivity contribution in [2.75, 3.05) is 4.72 Å². The van der Waals surface area contributed by atoms with Gasteiger partial charge in [0.25, 0.3) is 15.7 Å². The van der Waals surface area contributed by atoms with Crippen LogP contribution in [0.1, 0.15) is 0 Å². The molecule has 1 N–H and O–H groups in total. The van der Waals surface area contributed by atoms with Gasteiger partial charge < -0.3 is 0 Å². The van der Waals surface area contributed by atoms with E-state index in [9.17, 15) is 18.5 Å². The first-order valence-electron chi connectivity index (χ1n) is 5.12. The largest absolute Gasteiger partial charge is 0.294 e. The van der Waals surface area contributed by atoms with Gasteiger partial charge in [-0.3, -0.25) is 14.8 Å². The predicted molar refractivity (Wildman–Crippen MR) is 88.6 cm³/mol. The number of sulfonamides is 1. The van der Waals surface area contributed by atoms with Crippen LogP contribution in [0.2, 0.25) is 5.02 Å². The number of halogens is 3. The fourth-order valence-corrected chi connectivity index (χ4v) is 5.22. The Kier molecular flexibility index (Phi) is 4.93. The minimum atomic E-state index is -3.95. The van der Waals surface area contributed by atoms with Gasteiger partial charge in [-0.2, -0.15) is 0 Å². The summed E-state index contributed by atoms with van der Waals surface area (Å²) in [5, 5.41) is 11.2. The minimum absolute atomic E-state index is 0.0448. The van der Waals surface area contributed by atoms with E-state index < -0.39 is 14.9 Å². The molecular formula is C10H5Br2ClN2O4S2. The molecule has 0 aliphatic carbocycles. The maximum atomic E-state index is 12.2. The Morgan fingerprint density at radius 3 is 2.48 bits per heavy atom. The molecule has 0 bridgehead atoms. The molecule has 0 saturated heterocycles. The lowest BCUT2D eigenvalue weighted by Gasteiger charge is -2.07. The maximum Gasteiger partial charge on any atom is 0.294 e. The van der Waals surface area contributed by atoms with E-state index in [1.807, 2.05) is 0 Å². The van der Waals surface area contributed by atoms with Gasteiger partial charge in [0.2, 0.25) is 0 Å². The lowest BCUT2D eigenvalue weighted by atomic mass is 10.3. The fourth-order valence-electron chi connectivity index (χ4n) is 1.40. The van der Waals surface area contributed by atoms with E-state index >= 15 is 0 Å². The molecule has 0 aliphatic rings. The highest BCUT2D eigenvalue weighted by atomic mass is 79.9. The number of rotatable bonds is 4. The standard InChI is InChI=1S/C10H5Br2ClN2O4S2/c11-5-1-2-7(8(3-5)15(16)17)14-21(18,19)9-4-6(13)10(12)20-9/h1-4,14H. The first-order chi connectivity index (χ1) is 9.70. The minimum Gasteiger partial charge on any atom is -0.272 e. The molecule has 0 atom stereocenters. The van der Waals surface area contributed by atoms with Gasteiger partial charge >= 0.3 is 0 Å². The van der Waals surface area contributed by atoms with Crippen molar-refractivity contribution in [1.29, 1.82) is 0 Å². The summed E-state index contributed by atoms with van der Waals surface area (Å²) < 4.78 is 27.5. The molecule has 21 heavy (non-hydrogen) atoms. The van der Waals surface area contributed by atoms with Crippen LogP contribution in [0, 0.1) is 10.1 Å². The maximum absolute atomic E-state index is 12.2. The average Bonchev–Trinajstić information content (AvgIpc) is 2.72. The van der Waals surface area contributed by atoms with Crippen LogP contribution >= 0.6 is 54.8 Å². The zero-order chi connectivity index (χ0) is 15.8. The molecule has 0 spiro atoms. The number of nitrogens with one attached hydrogen (secondary N) is 1. The zero-order valence-electron chi connectivity index (χ0n) is 9.84. The molecule has 112 valence electrons. The lowest BCUT2D eigenvalue weighted by molar-refractivity contribution is -0.384. The quantitative estimate of drug-likeness (QED) is 0.514. The highest BCUT2D eigenvalue weighted by Gasteiger charge is 2.23. The van der Waals surface area contributed by atoms with E-state index in [1.165, 1.54) is 24.3 Å². The highest BCUT2D eigenvalue weighted by molar-refractivity contribution is 9.11. The van der Waals surface area contributed by atoms with Gasteiger partial charge in [-0.15, -0.1) is 11.3 Å². The predicted octanol–water partition coefficient (Wildman–Crippen LogP) is 4.64. The molecule has 0 saturated carbocycles. The molecule has 0 radical (unpaired) electrons. The number of thiophene rings is 1. The van der Waals surface area contributed by atoms with E-state index in [2.05, 4.69) is 36.6 Å². The number of nitro benzene ring substituents is 1. The van der Waals surface area contributed by atoms with Gasteiger partial charge in [-0.25, -0.2) is 8.42 Å². The molecule has 1 heterocycles. The second kappa shape index (κ2) is 6.21. The Morgan fingerprint density at radius 1 is 1.29 bits per heavy atom. The molecule has 11 heteroatoms. The molecule has 2 aromatic rings. The third-order valence-electron chi connectivity index (χ3n) is 2.29. The van der Waals surface area contributed by atoms with Crippen LogP contribution in [0.25, 0.3) is 0 Å². The number of benzene rings is 1. The second-order valence-corrected chi connectivity index (χ2v) is 9.31. The summed E-state index contributed by atoms with van der Waals surface area (Å²) in [6.07, 6.45) is 0. The Morgan fingerprint density at radius 2 is 1.95 bits per heavy atom. The number of hydrogen-bond acceptors (Lipinski definition) is 5. The molecule has 2 rings (SSSR count). The molecule has 0 fully saturated rings. The Labute approximate surface area is 145 Å². The van der Waals surface area contributed by atoms with Crippen molar-refractivity contribution in [3.8, 4) is 0 Å². The van der Waals surface area contributed by atoms with E-state index in [1.54, 1.807) is 0 Å². The smallest absolute Gasteiger partial charge is 0.272 e. The topological polar surface area (TPSA) is 89.3 Å². The van der Waals surface area contributed by atoms with Gasteiger partial charge in [0.15, 0.2) is 0 Å². The van der Waals surface area contributed by atoms with Crippen LogP contribution in [0.4, 0.5) is 11.4 Å². The summed E-state index contributed by atoms with van der Waals surface area (Å²) in [6, 6.07) is 5.30. The van der Waals surface area contributed by atoms with Crippen molar-refractivity contribution in [3.05, 3.63) is 47.7 Å². The molecule has 0 unspecified atom stereocenters. The summed E-state index contributed by atoms with van der Waals surface area (Å²) in [5.74, 6) is 0. The lowest BCUT2D eigenvalue weighted by Crippen LogP contribution is -2.12.